The minimum absolute atomic E-state index is 0.262. The van der Waals surface area contributed by atoms with Gasteiger partial charge in [0.05, 0.1) is 25.4 Å². The molecule has 3 aliphatic rings. The molecule has 0 aromatic carbocycles. The molecule has 4 atom stereocenters. The maximum absolute atomic E-state index is 9.73. The molecule has 3 fully saturated rings. The van der Waals surface area contributed by atoms with Crippen LogP contribution in [0.5, 0.6) is 0 Å². The molecule has 0 aromatic rings. The van der Waals surface area contributed by atoms with E-state index in [1.54, 1.807) is 0 Å². The van der Waals surface area contributed by atoms with Gasteiger partial charge >= 0.3 is 0 Å². The zero-order valence-corrected chi connectivity index (χ0v) is 8.35. The van der Waals surface area contributed by atoms with E-state index in [0.717, 1.165) is 38.0 Å². The molecule has 3 saturated heterocycles. The number of hydrogen-bond donors (Lipinski definition) is 2. The Morgan fingerprint density at radius 2 is 1.86 bits per heavy atom. The number of nitrogens with one attached hydrogen (secondary N) is 1. The van der Waals surface area contributed by atoms with Crippen LogP contribution in [0, 0.1) is 11.8 Å². The van der Waals surface area contributed by atoms with Crippen molar-refractivity contribution >= 4 is 0 Å². The predicted octanol–water partition coefficient (Wildman–Crippen LogP) is -1.10. The summed E-state index contributed by atoms with van der Waals surface area (Å²) in [6.45, 7) is 5.84. The van der Waals surface area contributed by atoms with Crippen molar-refractivity contribution in [2.45, 2.75) is 12.1 Å². The monoisotopic (exact) mass is 198 g/mol. The van der Waals surface area contributed by atoms with Crippen LogP contribution in [0.2, 0.25) is 0 Å². The Morgan fingerprint density at radius 3 is 2.43 bits per heavy atom. The second-order valence-corrected chi connectivity index (χ2v) is 4.80. The van der Waals surface area contributed by atoms with Gasteiger partial charge in [-0.3, -0.25) is 4.90 Å². The molecular weight excluding hydrogens is 180 g/mol. The molecule has 3 aliphatic heterocycles. The number of fused-ring (bicyclic) bond motifs is 1. The van der Waals surface area contributed by atoms with Gasteiger partial charge in [-0.25, -0.2) is 0 Å². The summed E-state index contributed by atoms with van der Waals surface area (Å²) >= 11 is 0. The Bertz CT molecular complexity index is 212. The number of hydrogen-bond acceptors (Lipinski definition) is 4. The first-order valence-corrected chi connectivity index (χ1v) is 5.55. The average Bonchev–Trinajstić information content (AvgIpc) is 2.75. The molecule has 80 valence electrons. The van der Waals surface area contributed by atoms with Crippen LogP contribution in [0.3, 0.4) is 0 Å². The van der Waals surface area contributed by atoms with E-state index in [1.807, 2.05) is 0 Å². The molecule has 0 saturated carbocycles. The van der Waals surface area contributed by atoms with Crippen molar-refractivity contribution < 1.29 is 9.84 Å². The van der Waals surface area contributed by atoms with Gasteiger partial charge in [0, 0.05) is 13.1 Å². The number of aliphatic hydroxyl groups excluding tert-OH is 1. The largest absolute Gasteiger partial charge is 0.389 e. The van der Waals surface area contributed by atoms with E-state index in [2.05, 4.69) is 10.2 Å². The van der Waals surface area contributed by atoms with E-state index in [0.29, 0.717) is 13.2 Å². The van der Waals surface area contributed by atoms with E-state index < -0.39 is 0 Å². The molecule has 0 aliphatic carbocycles. The first kappa shape index (κ1) is 9.09. The number of nitrogens with zero attached hydrogens (tertiary/aromatic N) is 1. The highest BCUT2D eigenvalue weighted by molar-refractivity contribution is 4.96. The zero-order valence-electron chi connectivity index (χ0n) is 8.35. The van der Waals surface area contributed by atoms with Crippen molar-refractivity contribution in [2.75, 3.05) is 39.4 Å². The summed E-state index contributed by atoms with van der Waals surface area (Å²) < 4.78 is 5.30. The first-order chi connectivity index (χ1) is 6.84. The Kier molecular flexibility index (Phi) is 2.24. The number of rotatable bonds is 1. The highest BCUT2D eigenvalue weighted by Gasteiger charge is 2.42. The average molecular weight is 198 g/mol. The number of ether oxygens (including phenoxy) is 1. The lowest BCUT2D eigenvalue weighted by Gasteiger charge is -2.25. The van der Waals surface area contributed by atoms with Crippen LogP contribution in [0.4, 0.5) is 0 Å². The summed E-state index contributed by atoms with van der Waals surface area (Å²) in [6.07, 6.45) is -0.262. The van der Waals surface area contributed by atoms with Crippen LogP contribution in [-0.2, 0) is 4.74 Å². The van der Waals surface area contributed by atoms with Gasteiger partial charge in [-0.05, 0) is 24.9 Å². The van der Waals surface area contributed by atoms with Gasteiger partial charge in [0.2, 0.25) is 0 Å². The van der Waals surface area contributed by atoms with Gasteiger partial charge in [0.1, 0.15) is 0 Å². The first-order valence-electron chi connectivity index (χ1n) is 5.55. The molecule has 3 rings (SSSR count). The van der Waals surface area contributed by atoms with Crippen molar-refractivity contribution in [1.82, 2.24) is 10.2 Å². The fraction of sp³-hybridized carbons (Fsp3) is 1.00. The van der Waals surface area contributed by atoms with Gasteiger partial charge in [-0.15, -0.1) is 0 Å². The molecule has 0 amide bonds. The van der Waals surface area contributed by atoms with E-state index >= 15 is 0 Å². The van der Waals surface area contributed by atoms with Crippen LogP contribution in [-0.4, -0.2) is 61.5 Å². The van der Waals surface area contributed by atoms with E-state index in [-0.39, 0.29) is 12.1 Å². The third-order valence-corrected chi connectivity index (χ3v) is 3.91. The molecule has 4 nitrogen and oxygen atoms in total. The Hall–Kier alpha value is -0.160. The van der Waals surface area contributed by atoms with Crippen LogP contribution in [0.15, 0.2) is 0 Å². The summed E-state index contributed by atoms with van der Waals surface area (Å²) in [5, 5.41) is 13.2. The smallest absolute Gasteiger partial charge is 0.0950 e. The maximum atomic E-state index is 9.73. The Morgan fingerprint density at radius 1 is 1.14 bits per heavy atom. The molecule has 3 heterocycles. The van der Waals surface area contributed by atoms with Crippen molar-refractivity contribution in [3.05, 3.63) is 0 Å². The minimum Gasteiger partial charge on any atom is -0.389 e. The normalized spacial score (nSPS) is 48.6. The Balaban J connectivity index is 1.65. The second-order valence-electron chi connectivity index (χ2n) is 4.80. The predicted molar refractivity (Wildman–Crippen MR) is 52.0 cm³/mol. The van der Waals surface area contributed by atoms with Crippen LogP contribution in [0.25, 0.3) is 0 Å². The maximum Gasteiger partial charge on any atom is 0.0950 e. The van der Waals surface area contributed by atoms with Crippen LogP contribution >= 0.6 is 0 Å². The lowest BCUT2D eigenvalue weighted by molar-refractivity contribution is 0.0911. The second kappa shape index (κ2) is 3.45. The molecule has 0 radical (unpaired) electrons. The number of likely N-dealkylation sites (tertiary alicyclic amines) is 1. The fourth-order valence-corrected chi connectivity index (χ4v) is 3.04. The summed E-state index contributed by atoms with van der Waals surface area (Å²) in [5.41, 5.74) is 0. The fourth-order valence-electron chi connectivity index (χ4n) is 3.04. The van der Waals surface area contributed by atoms with E-state index in [9.17, 15) is 5.11 Å². The van der Waals surface area contributed by atoms with Gasteiger partial charge in [-0.1, -0.05) is 0 Å². The van der Waals surface area contributed by atoms with Crippen LogP contribution < -0.4 is 5.32 Å². The highest BCUT2D eigenvalue weighted by Crippen LogP contribution is 2.29. The van der Waals surface area contributed by atoms with Gasteiger partial charge < -0.3 is 15.2 Å². The van der Waals surface area contributed by atoms with Crippen molar-refractivity contribution in [1.29, 1.82) is 0 Å². The van der Waals surface area contributed by atoms with E-state index in [1.165, 1.54) is 0 Å². The molecule has 0 bridgehead atoms. The quantitative estimate of drug-likeness (QED) is 0.561. The van der Waals surface area contributed by atoms with Crippen molar-refractivity contribution in [3.63, 3.8) is 0 Å². The van der Waals surface area contributed by atoms with Gasteiger partial charge in [0.15, 0.2) is 0 Å². The molecule has 2 unspecified atom stereocenters. The molecule has 2 N–H and O–H groups in total. The van der Waals surface area contributed by atoms with E-state index in [4.69, 9.17) is 4.74 Å². The van der Waals surface area contributed by atoms with Crippen molar-refractivity contribution in [3.8, 4) is 0 Å². The summed E-state index contributed by atoms with van der Waals surface area (Å²) in [4.78, 5) is 2.42. The molecule has 0 aromatic heterocycles. The summed E-state index contributed by atoms with van der Waals surface area (Å²) in [6, 6.07) is 0.264. The summed E-state index contributed by atoms with van der Waals surface area (Å²) in [5.74, 6) is 1.62. The molecule has 4 heteroatoms. The Labute approximate surface area is 84.2 Å². The van der Waals surface area contributed by atoms with Gasteiger partial charge in [-0.2, -0.15) is 0 Å². The summed E-state index contributed by atoms with van der Waals surface area (Å²) in [7, 11) is 0. The highest BCUT2D eigenvalue weighted by atomic mass is 16.5. The third kappa shape index (κ3) is 1.37. The van der Waals surface area contributed by atoms with Gasteiger partial charge in [0.25, 0.3) is 0 Å². The minimum atomic E-state index is -0.262. The standard InChI is InChI=1S/C10H18N2O2/c13-10-6-14-5-9(10)12-3-7-1-11-2-8(7)4-12/h7-11,13H,1-6H2/t7-,8+,9?,10?. The molecular formula is C10H18N2O2. The van der Waals surface area contributed by atoms with Crippen LogP contribution in [0.1, 0.15) is 0 Å². The molecule has 0 spiro atoms. The third-order valence-electron chi connectivity index (χ3n) is 3.91. The molecule has 14 heavy (non-hydrogen) atoms. The topological polar surface area (TPSA) is 44.7 Å². The lowest BCUT2D eigenvalue weighted by atomic mass is 10.0. The number of aliphatic hydroxyl groups is 1. The van der Waals surface area contributed by atoms with Crippen molar-refractivity contribution in [2.24, 2.45) is 11.8 Å². The zero-order chi connectivity index (χ0) is 9.54. The SMILES string of the molecule is OC1COCC1N1C[C@H]2CNC[C@H]2C1. The lowest BCUT2D eigenvalue weighted by Crippen LogP contribution is -2.42.